The molecule has 3 unspecified atom stereocenters. The van der Waals surface area contributed by atoms with Crippen LogP contribution in [0.15, 0.2) is 36.7 Å². The molecule has 1 saturated carbocycles. The Bertz CT molecular complexity index is 476. The van der Waals surface area contributed by atoms with Gasteiger partial charge in [-0.15, -0.1) is 0 Å². The van der Waals surface area contributed by atoms with Gasteiger partial charge in [0.05, 0.1) is 0 Å². The van der Waals surface area contributed by atoms with Crippen molar-refractivity contribution in [3.05, 3.63) is 36.7 Å². The summed E-state index contributed by atoms with van der Waals surface area (Å²) in [5.41, 5.74) is 1.32. The average Bonchev–Trinajstić information content (AvgIpc) is 3.12. The van der Waals surface area contributed by atoms with Crippen LogP contribution in [0.2, 0.25) is 0 Å². The van der Waals surface area contributed by atoms with Crippen LogP contribution in [0.25, 0.3) is 0 Å². The molecule has 0 spiro atoms. The van der Waals surface area contributed by atoms with Crippen molar-refractivity contribution in [3.8, 4) is 0 Å². The number of fused-ring (bicyclic) bond motifs is 2. The molecule has 1 aromatic rings. The van der Waals surface area contributed by atoms with Gasteiger partial charge in [0.2, 0.25) is 0 Å². The van der Waals surface area contributed by atoms with Crippen LogP contribution < -0.4 is 4.90 Å². The molecule has 4 rings (SSSR count). The molecule has 0 radical (unpaired) electrons. The Morgan fingerprint density at radius 2 is 1.80 bits per heavy atom. The first-order valence-corrected chi connectivity index (χ1v) is 7.94. The molecule has 2 bridgehead atoms. The van der Waals surface area contributed by atoms with Crippen LogP contribution in [0.4, 0.5) is 5.69 Å². The Morgan fingerprint density at radius 1 is 1.00 bits per heavy atom. The van der Waals surface area contributed by atoms with Crippen LogP contribution in [0, 0.1) is 17.8 Å². The topological polar surface area (TPSA) is 19.4 Å². The smallest absolute Gasteiger partial charge is 0.0397 e. The number of rotatable bonds is 3. The summed E-state index contributed by atoms with van der Waals surface area (Å²) in [5, 5.41) is 0. The lowest BCUT2D eigenvalue weighted by atomic mass is 9.93. The molecule has 3 heteroatoms. The van der Waals surface area contributed by atoms with E-state index in [1.165, 1.54) is 38.2 Å². The molecule has 3 nitrogen and oxygen atoms in total. The second kappa shape index (κ2) is 5.21. The predicted molar refractivity (Wildman–Crippen MR) is 81.7 cm³/mol. The highest BCUT2D eigenvalue weighted by Crippen LogP contribution is 2.43. The largest absolute Gasteiger partial charge is 0.369 e. The predicted octanol–water partition coefficient (Wildman–Crippen LogP) is 2.42. The average molecular weight is 269 g/mol. The van der Waals surface area contributed by atoms with Gasteiger partial charge in [-0.25, -0.2) is 0 Å². The number of nitrogens with zero attached hydrogens (tertiary/aromatic N) is 3. The number of pyridine rings is 1. The van der Waals surface area contributed by atoms with E-state index in [2.05, 4.69) is 39.1 Å². The van der Waals surface area contributed by atoms with E-state index in [4.69, 9.17) is 0 Å². The van der Waals surface area contributed by atoms with Gasteiger partial charge < -0.3 is 4.90 Å². The van der Waals surface area contributed by atoms with E-state index in [0.29, 0.717) is 0 Å². The molecule has 0 N–H and O–H groups in total. The van der Waals surface area contributed by atoms with Crippen molar-refractivity contribution in [2.45, 2.75) is 12.8 Å². The molecule has 1 aliphatic heterocycles. The maximum absolute atomic E-state index is 4.10. The first-order chi connectivity index (χ1) is 9.88. The molecular formula is C17H23N3. The SMILES string of the molecule is C1=CC2CC1CC2CN1CCN(c2ccncc2)CC1. The number of anilines is 1. The van der Waals surface area contributed by atoms with Crippen molar-refractivity contribution >= 4 is 5.69 Å². The fourth-order valence-electron chi connectivity index (χ4n) is 4.18. The van der Waals surface area contributed by atoms with E-state index < -0.39 is 0 Å². The minimum absolute atomic E-state index is 0.887. The molecule has 2 aliphatic carbocycles. The quantitative estimate of drug-likeness (QED) is 0.786. The minimum atomic E-state index is 0.887. The Kier molecular flexibility index (Phi) is 3.23. The molecule has 106 valence electrons. The first kappa shape index (κ1) is 12.4. The highest BCUT2D eigenvalue weighted by atomic mass is 15.3. The molecule has 0 amide bonds. The van der Waals surface area contributed by atoms with Crippen LogP contribution in [-0.2, 0) is 0 Å². The van der Waals surface area contributed by atoms with Gasteiger partial charge >= 0.3 is 0 Å². The van der Waals surface area contributed by atoms with E-state index in [1.54, 1.807) is 0 Å². The van der Waals surface area contributed by atoms with Crippen LogP contribution in [0.1, 0.15) is 12.8 Å². The van der Waals surface area contributed by atoms with Crippen molar-refractivity contribution < 1.29 is 0 Å². The Balaban J connectivity index is 1.31. The summed E-state index contributed by atoms with van der Waals surface area (Å²) in [6.07, 6.45) is 11.6. The number of hydrogen-bond acceptors (Lipinski definition) is 3. The number of hydrogen-bond donors (Lipinski definition) is 0. The van der Waals surface area contributed by atoms with Gasteiger partial charge in [-0.3, -0.25) is 9.88 Å². The number of aromatic nitrogens is 1. The molecular weight excluding hydrogens is 246 g/mol. The van der Waals surface area contributed by atoms with Gasteiger partial charge in [0.25, 0.3) is 0 Å². The fourth-order valence-corrected chi connectivity index (χ4v) is 4.18. The van der Waals surface area contributed by atoms with Gasteiger partial charge in [-0.05, 0) is 42.7 Å². The van der Waals surface area contributed by atoms with Crippen LogP contribution in [-0.4, -0.2) is 42.6 Å². The van der Waals surface area contributed by atoms with Gasteiger partial charge in [-0.1, -0.05) is 12.2 Å². The van der Waals surface area contributed by atoms with Gasteiger partial charge in [0.15, 0.2) is 0 Å². The Hall–Kier alpha value is -1.35. The van der Waals surface area contributed by atoms with Gasteiger partial charge in [-0.2, -0.15) is 0 Å². The number of piperazine rings is 1. The first-order valence-electron chi connectivity index (χ1n) is 7.94. The second-order valence-corrected chi connectivity index (χ2v) is 6.53. The Morgan fingerprint density at radius 3 is 2.45 bits per heavy atom. The molecule has 1 aromatic heterocycles. The minimum Gasteiger partial charge on any atom is -0.369 e. The summed E-state index contributed by atoms with van der Waals surface area (Å²) in [5.74, 6) is 2.72. The molecule has 2 fully saturated rings. The highest BCUT2D eigenvalue weighted by Gasteiger charge is 2.36. The third-order valence-corrected chi connectivity index (χ3v) is 5.31. The van der Waals surface area contributed by atoms with E-state index in [-0.39, 0.29) is 0 Å². The lowest BCUT2D eigenvalue weighted by molar-refractivity contribution is 0.204. The highest BCUT2D eigenvalue weighted by molar-refractivity contribution is 5.44. The summed E-state index contributed by atoms with van der Waals surface area (Å²) in [7, 11) is 0. The lowest BCUT2D eigenvalue weighted by Crippen LogP contribution is -2.48. The normalized spacial score (nSPS) is 33.0. The van der Waals surface area contributed by atoms with E-state index in [1.807, 2.05) is 12.4 Å². The molecule has 0 aromatic carbocycles. The van der Waals surface area contributed by atoms with E-state index >= 15 is 0 Å². The summed E-state index contributed by atoms with van der Waals surface area (Å²) >= 11 is 0. The summed E-state index contributed by atoms with van der Waals surface area (Å²) in [6, 6.07) is 4.24. The third kappa shape index (κ3) is 2.35. The molecule has 1 saturated heterocycles. The zero-order chi connectivity index (χ0) is 13.4. The van der Waals surface area contributed by atoms with E-state index in [0.717, 1.165) is 30.8 Å². The zero-order valence-electron chi connectivity index (χ0n) is 12.0. The molecule has 3 aliphatic rings. The Labute approximate surface area is 121 Å². The van der Waals surface area contributed by atoms with Crippen molar-refractivity contribution in [1.82, 2.24) is 9.88 Å². The van der Waals surface area contributed by atoms with Crippen molar-refractivity contribution in [2.75, 3.05) is 37.6 Å². The maximum atomic E-state index is 4.10. The van der Waals surface area contributed by atoms with Crippen LogP contribution in [0.5, 0.6) is 0 Å². The monoisotopic (exact) mass is 269 g/mol. The van der Waals surface area contributed by atoms with Crippen molar-refractivity contribution in [1.29, 1.82) is 0 Å². The van der Waals surface area contributed by atoms with Gasteiger partial charge in [0.1, 0.15) is 0 Å². The standard InChI is InChI=1S/C17H23N3/c1-2-15-11-14(1)12-16(15)13-19-7-9-20(10-8-19)17-3-5-18-6-4-17/h1-6,14-16H,7-13H2. The number of allylic oxidation sites excluding steroid dienone is 2. The van der Waals surface area contributed by atoms with E-state index in [9.17, 15) is 0 Å². The van der Waals surface area contributed by atoms with Gasteiger partial charge in [0, 0.05) is 50.8 Å². The third-order valence-electron chi connectivity index (χ3n) is 5.31. The molecule has 20 heavy (non-hydrogen) atoms. The summed E-state index contributed by atoms with van der Waals surface area (Å²) < 4.78 is 0. The summed E-state index contributed by atoms with van der Waals surface area (Å²) in [6.45, 7) is 6.04. The fraction of sp³-hybridized carbons (Fsp3) is 0.588. The van der Waals surface area contributed by atoms with Crippen molar-refractivity contribution in [2.24, 2.45) is 17.8 Å². The summed E-state index contributed by atoms with van der Waals surface area (Å²) in [4.78, 5) is 9.26. The molecule has 2 heterocycles. The van der Waals surface area contributed by atoms with Crippen LogP contribution in [0.3, 0.4) is 0 Å². The second-order valence-electron chi connectivity index (χ2n) is 6.53. The lowest BCUT2D eigenvalue weighted by Gasteiger charge is -2.38. The zero-order valence-corrected chi connectivity index (χ0v) is 12.0. The van der Waals surface area contributed by atoms with Crippen LogP contribution >= 0.6 is 0 Å². The maximum Gasteiger partial charge on any atom is 0.0397 e. The molecule has 3 atom stereocenters. The van der Waals surface area contributed by atoms with Crippen molar-refractivity contribution in [3.63, 3.8) is 0 Å².